The highest BCUT2D eigenvalue weighted by Gasteiger charge is 2.35. The first-order valence-corrected chi connectivity index (χ1v) is 9.15. The molecule has 128 valence electrons. The second-order valence-corrected chi connectivity index (χ2v) is 7.42. The molecule has 1 aromatic carbocycles. The van der Waals surface area contributed by atoms with E-state index in [1.807, 2.05) is 13.8 Å². The predicted octanol–water partition coefficient (Wildman–Crippen LogP) is 3.06. The Balaban J connectivity index is 1.88. The summed E-state index contributed by atoms with van der Waals surface area (Å²) in [7, 11) is 1.59. The van der Waals surface area contributed by atoms with E-state index in [1.165, 1.54) is 28.5 Å². The Bertz CT molecular complexity index is 746. The minimum atomic E-state index is -0.131. The molecular weight excluding hydrogens is 348 g/mol. The number of methoxy groups -OCH3 is 1. The lowest BCUT2D eigenvalue weighted by Crippen LogP contribution is -2.26. The molecule has 8 heteroatoms. The highest BCUT2D eigenvalue weighted by atomic mass is 32.2. The van der Waals surface area contributed by atoms with E-state index in [2.05, 4.69) is 5.10 Å². The number of carbonyl (C=O) groups excluding carboxylic acids is 1. The van der Waals surface area contributed by atoms with E-state index in [-0.39, 0.29) is 11.7 Å². The lowest BCUT2D eigenvalue weighted by Gasteiger charge is -2.11. The zero-order valence-corrected chi connectivity index (χ0v) is 15.3. The molecule has 0 radical (unpaired) electrons. The summed E-state index contributed by atoms with van der Waals surface area (Å²) in [4.78, 5) is 14.2. The largest absolute Gasteiger partial charge is 0.507 e. The topological polar surface area (TPSA) is 71.4 Å². The average Bonchev–Trinajstić information content (AvgIpc) is 3.10. The van der Waals surface area contributed by atoms with Gasteiger partial charge in [0.1, 0.15) is 11.5 Å². The summed E-state index contributed by atoms with van der Waals surface area (Å²) in [6.45, 7) is 5.23. The number of aromatic hydroxyl groups is 1. The normalized spacial score (nSPS) is 19.7. The number of ether oxygens (including phenoxy) is 2. The number of rotatable bonds is 5. The van der Waals surface area contributed by atoms with E-state index in [0.717, 1.165) is 14.0 Å². The first kappa shape index (κ1) is 17.2. The number of phenolic OH excluding ortho intramolecular Hbond substituents is 1. The Kier molecular flexibility index (Phi) is 5.07. The van der Waals surface area contributed by atoms with Gasteiger partial charge in [-0.2, -0.15) is 5.10 Å². The molecule has 1 amide bonds. The fourth-order valence-corrected chi connectivity index (χ4v) is 5.22. The van der Waals surface area contributed by atoms with Crippen LogP contribution >= 0.6 is 23.5 Å². The molecular formula is C16H18N2O4S2. The van der Waals surface area contributed by atoms with Crippen LogP contribution < -0.4 is 4.74 Å². The van der Waals surface area contributed by atoms with Crippen LogP contribution in [0.4, 0.5) is 0 Å². The summed E-state index contributed by atoms with van der Waals surface area (Å²) in [6, 6.07) is 3.33. The molecule has 0 unspecified atom stereocenters. The Hall–Kier alpha value is -1.64. The van der Waals surface area contributed by atoms with E-state index in [1.54, 1.807) is 19.2 Å². The van der Waals surface area contributed by atoms with Gasteiger partial charge in [0.2, 0.25) is 0 Å². The van der Waals surface area contributed by atoms with Crippen molar-refractivity contribution in [2.75, 3.05) is 26.9 Å². The van der Waals surface area contributed by atoms with Gasteiger partial charge in [-0.1, -0.05) is 23.5 Å². The predicted molar refractivity (Wildman–Crippen MR) is 94.7 cm³/mol. The standard InChI is InChI=1S/C16H18N2O4S2/c1-4-22-8-7-18-15(20)12(9(2)17-18)16-23-13-10(19)5-6-11(21-3)14(13)24-16/h5-6,19H,4,7-8H2,1-3H3/b16-12+. The van der Waals surface area contributed by atoms with Gasteiger partial charge in [0.25, 0.3) is 5.91 Å². The molecule has 0 saturated carbocycles. The maximum absolute atomic E-state index is 12.7. The monoisotopic (exact) mass is 366 g/mol. The molecule has 0 fully saturated rings. The Labute approximate surface area is 148 Å². The number of nitrogens with zero attached hydrogens (tertiary/aromatic N) is 2. The first-order valence-electron chi connectivity index (χ1n) is 7.52. The van der Waals surface area contributed by atoms with Gasteiger partial charge in [-0.15, -0.1) is 0 Å². The Morgan fingerprint density at radius 3 is 2.75 bits per heavy atom. The third kappa shape index (κ3) is 3.01. The van der Waals surface area contributed by atoms with Crippen molar-refractivity contribution in [1.29, 1.82) is 0 Å². The van der Waals surface area contributed by atoms with Gasteiger partial charge >= 0.3 is 0 Å². The summed E-state index contributed by atoms with van der Waals surface area (Å²) in [5, 5.41) is 15.9. The third-order valence-electron chi connectivity index (χ3n) is 3.60. The number of hydrogen-bond acceptors (Lipinski definition) is 7. The Morgan fingerprint density at radius 2 is 2.04 bits per heavy atom. The van der Waals surface area contributed by atoms with Crippen LogP contribution in [0.15, 0.2) is 36.8 Å². The van der Waals surface area contributed by atoms with Crippen LogP contribution in [0.5, 0.6) is 11.5 Å². The lowest BCUT2D eigenvalue weighted by atomic mass is 10.2. The number of thioether (sulfide) groups is 2. The second-order valence-electron chi connectivity index (χ2n) is 5.12. The van der Waals surface area contributed by atoms with E-state index in [0.29, 0.717) is 36.8 Å². The van der Waals surface area contributed by atoms with Crippen LogP contribution in [0.1, 0.15) is 13.8 Å². The zero-order chi connectivity index (χ0) is 17.3. The summed E-state index contributed by atoms with van der Waals surface area (Å²) >= 11 is 2.82. The third-order valence-corrected chi connectivity index (χ3v) is 6.24. The van der Waals surface area contributed by atoms with Crippen molar-refractivity contribution < 1.29 is 19.4 Å². The van der Waals surface area contributed by atoms with Gasteiger partial charge in [0.05, 0.1) is 45.6 Å². The van der Waals surface area contributed by atoms with Crippen LogP contribution in [0.2, 0.25) is 0 Å². The number of benzene rings is 1. The molecule has 6 nitrogen and oxygen atoms in total. The second kappa shape index (κ2) is 7.08. The van der Waals surface area contributed by atoms with E-state index in [4.69, 9.17) is 9.47 Å². The maximum Gasteiger partial charge on any atom is 0.277 e. The van der Waals surface area contributed by atoms with E-state index in [9.17, 15) is 9.90 Å². The molecule has 0 aromatic heterocycles. The lowest BCUT2D eigenvalue weighted by molar-refractivity contribution is -0.126. The number of hydrazone groups is 1. The van der Waals surface area contributed by atoms with Crippen LogP contribution in [-0.4, -0.2) is 48.6 Å². The van der Waals surface area contributed by atoms with Crippen molar-refractivity contribution in [2.24, 2.45) is 5.10 Å². The molecule has 1 N–H and O–H groups in total. The van der Waals surface area contributed by atoms with Gasteiger partial charge in [-0.05, 0) is 26.0 Å². The fraction of sp³-hybridized carbons (Fsp3) is 0.375. The number of amides is 1. The fourth-order valence-electron chi connectivity index (χ4n) is 2.44. The van der Waals surface area contributed by atoms with Gasteiger partial charge in [0, 0.05) is 6.61 Å². The van der Waals surface area contributed by atoms with Crippen molar-refractivity contribution in [1.82, 2.24) is 5.01 Å². The van der Waals surface area contributed by atoms with Gasteiger partial charge in [-0.25, -0.2) is 5.01 Å². The summed E-state index contributed by atoms with van der Waals surface area (Å²) in [6.07, 6.45) is 0. The molecule has 0 spiro atoms. The molecule has 0 saturated heterocycles. The van der Waals surface area contributed by atoms with Crippen LogP contribution in [0, 0.1) is 0 Å². The van der Waals surface area contributed by atoms with E-state index >= 15 is 0 Å². The highest BCUT2D eigenvalue weighted by molar-refractivity contribution is 8.25. The number of fused-ring (bicyclic) bond motifs is 1. The molecule has 24 heavy (non-hydrogen) atoms. The van der Waals surface area contributed by atoms with Crippen LogP contribution in [0.25, 0.3) is 0 Å². The average molecular weight is 366 g/mol. The minimum Gasteiger partial charge on any atom is -0.507 e. The van der Waals surface area contributed by atoms with Crippen molar-refractivity contribution in [3.05, 3.63) is 21.9 Å². The first-order chi connectivity index (χ1) is 11.6. The molecule has 0 bridgehead atoms. The maximum atomic E-state index is 12.7. The molecule has 1 aromatic rings. The quantitative estimate of drug-likeness (QED) is 0.638. The van der Waals surface area contributed by atoms with Crippen molar-refractivity contribution in [2.45, 2.75) is 23.6 Å². The molecule has 3 rings (SSSR count). The van der Waals surface area contributed by atoms with Crippen molar-refractivity contribution in [3.8, 4) is 11.5 Å². The molecule has 0 atom stereocenters. The minimum absolute atomic E-state index is 0.131. The molecule has 2 aliphatic rings. The zero-order valence-electron chi connectivity index (χ0n) is 13.7. The van der Waals surface area contributed by atoms with Gasteiger partial charge < -0.3 is 14.6 Å². The van der Waals surface area contributed by atoms with E-state index < -0.39 is 0 Å². The van der Waals surface area contributed by atoms with Gasteiger partial charge in [0.15, 0.2) is 0 Å². The SMILES string of the molecule is CCOCCN1N=C(C)/C(=C2/Sc3c(O)ccc(OC)c3S2)C1=O. The number of hydrogen-bond donors (Lipinski definition) is 1. The molecule has 0 aliphatic carbocycles. The Morgan fingerprint density at radius 1 is 1.29 bits per heavy atom. The summed E-state index contributed by atoms with van der Waals surface area (Å²) in [5.74, 6) is 0.741. The van der Waals surface area contributed by atoms with Crippen molar-refractivity contribution >= 4 is 35.1 Å². The summed E-state index contributed by atoms with van der Waals surface area (Å²) in [5.41, 5.74) is 1.26. The number of carbonyl (C=O) groups is 1. The van der Waals surface area contributed by atoms with Crippen LogP contribution in [0.3, 0.4) is 0 Å². The van der Waals surface area contributed by atoms with Gasteiger partial charge in [-0.3, -0.25) is 4.79 Å². The van der Waals surface area contributed by atoms with Crippen molar-refractivity contribution in [3.63, 3.8) is 0 Å². The van der Waals surface area contributed by atoms with Crippen LogP contribution in [-0.2, 0) is 9.53 Å². The molecule has 2 heterocycles. The molecule has 2 aliphatic heterocycles. The number of phenols is 1. The summed E-state index contributed by atoms with van der Waals surface area (Å²) < 4.78 is 11.5. The highest BCUT2D eigenvalue weighted by Crippen LogP contribution is 2.59. The smallest absolute Gasteiger partial charge is 0.277 e.